The van der Waals surface area contributed by atoms with Crippen LogP contribution in [0.15, 0.2) is 12.1 Å². The highest BCUT2D eigenvalue weighted by Crippen LogP contribution is 2.15. The zero-order valence-corrected chi connectivity index (χ0v) is 15.5. The first-order valence-electron chi connectivity index (χ1n) is 6.69. The molecule has 1 aromatic heterocycles. The van der Waals surface area contributed by atoms with Gasteiger partial charge in [0.15, 0.2) is 0 Å². The van der Waals surface area contributed by atoms with Gasteiger partial charge in [0.1, 0.15) is 23.0 Å². The van der Waals surface area contributed by atoms with E-state index >= 15 is 0 Å². The number of rotatable bonds is 7. The van der Waals surface area contributed by atoms with Crippen molar-refractivity contribution >= 4 is 47.5 Å². The molecule has 0 bridgehead atoms. The van der Waals surface area contributed by atoms with Crippen molar-refractivity contribution in [3.05, 3.63) is 28.0 Å². The van der Waals surface area contributed by atoms with Gasteiger partial charge in [-0.2, -0.15) is 0 Å². The lowest BCUT2D eigenvalue weighted by atomic mass is 10.1. The fraction of sp³-hybridized carbons (Fsp3) is 0.500. The highest BCUT2D eigenvalue weighted by molar-refractivity contribution is 6.32. The van der Waals surface area contributed by atoms with Gasteiger partial charge in [-0.1, -0.05) is 23.2 Å². The predicted octanol–water partition coefficient (Wildman–Crippen LogP) is 2.31. The number of carbonyl (C=O) groups is 2. The number of aromatic nitrogens is 1. The Morgan fingerprint density at radius 1 is 1.30 bits per heavy atom. The molecule has 1 amide bonds. The first kappa shape index (κ1) is 21.9. The van der Waals surface area contributed by atoms with E-state index in [4.69, 9.17) is 27.9 Å². The van der Waals surface area contributed by atoms with E-state index in [0.717, 1.165) is 0 Å². The van der Waals surface area contributed by atoms with Crippen molar-refractivity contribution in [2.75, 3.05) is 21.1 Å². The van der Waals surface area contributed by atoms with Crippen molar-refractivity contribution in [1.82, 2.24) is 15.2 Å². The number of amides is 1. The highest BCUT2D eigenvalue weighted by Gasteiger charge is 2.20. The molecule has 23 heavy (non-hydrogen) atoms. The topological polar surface area (TPSA) is 71.5 Å². The van der Waals surface area contributed by atoms with Gasteiger partial charge in [-0.05, 0) is 31.2 Å². The summed E-state index contributed by atoms with van der Waals surface area (Å²) in [7, 11) is 4.99. The number of likely N-dealkylation sites (N-methyl/N-ethyl adjacent to an activating group) is 1. The molecule has 0 aromatic carbocycles. The van der Waals surface area contributed by atoms with Crippen LogP contribution in [-0.2, 0) is 20.9 Å². The van der Waals surface area contributed by atoms with E-state index in [-0.39, 0.29) is 41.6 Å². The van der Waals surface area contributed by atoms with Crippen LogP contribution < -0.4 is 5.32 Å². The molecule has 1 rings (SSSR count). The summed E-state index contributed by atoms with van der Waals surface area (Å²) < 4.78 is 5.21. The fourth-order valence-electron chi connectivity index (χ4n) is 1.72. The van der Waals surface area contributed by atoms with Crippen LogP contribution in [0.2, 0.25) is 10.3 Å². The van der Waals surface area contributed by atoms with Gasteiger partial charge in [0, 0.05) is 20.5 Å². The van der Waals surface area contributed by atoms with Crippen molar-refractivity contribution in [1.29, 1.82) is 0 Å². The van der Waals surface area contributed by atoms with Crippen molar-refractivity contribution < 1.29 is 14.3 Å². The number of esters is 1. The summed E-state index contributed by atoms with van der Waals surface area (Å²) in [5.74, 6) is -0.473. The van der Waals surface area contributed by atoms with Gasteiger partial charge in [0.2, 0.25) is 5.91 Å². The second-order valence-electron chi connectivity index (χ2n) is 4.90. The summed E-state index contributed by atoms with van der Waals surface area (Å²) in [5, 5.41) is 3.32. The minimum atomic E-state index is -0.545. The standard InChI is InChI=1S/C14H19Cl2N3O3.ClH/c1-17-10(4-5-13(20)19(2)3)14(21)22-8-9-6-11(15)18-12(16)7-9;/h6-7,10,17H,4-5,8H2,1-3H3;1H/t10-;/m0./s1. The molecule has 0 saturated carbocycles. The van der Waals surface area contributed by atoms with E-state index in [0.29, 0.717) is 12.0 Å². The third-order valence-corrected chi connectivity index (χ3v) is 3.37. The van der Waals surface area contributed by atoms with Gasteiger partial charge in [-0.3, -0.25) is 9.59 Å². The van der Waals surface area contributed by atoms with Crippen molar-refractivity contribution in [2.45, 2.75) is 25.5 Å². The average molecular weight is 385 g/mol. The molecule has 130 valence electrons. The lowest BCUT2D eigenvalue weighted by molar-refractivity contribution is -0.147. The minimum absolute atomic E-state index is 0. The first-order chi connectivity index (χ1) is 10.3. The van der Waals surface area contributed by atoms with Crippen LogP contribution in [0.4, 0.5) is 0 Å². The number of hydrogen-bond acceptors (Lipinski definition) is 5. The smallest absolute Gasteiger partial charge is 0.323 e. The Morgan fingerprint density at radius 3 is 2.35 bits per heavy atom. The minimum Gasteiger partial charge on any atom is -0.460 e. The number of carbonyl (C=O) groups excluding carboxylic acids is 2. The summed E-state index contributed by atoms with van der Waals surface area (Å²) >= 11 is 11.6. The monoisotopic (exact) mass is 383 g/mol. The molecule has 1 aromatic rings. The molecule has 0 saturated heterocycles. The largest absolute Gasteiger partial charge is 0.460 e. The van der Waals surface area contributed by atoms with Crippen molar-refractivity contribution in [3.8, 4) is 0 Å². The molecule has 0 aliphatic heterocycles. The van der Waals surface area contributed by atoms with E-state index in [1.165, 1.54) is 4.90 Å². The fourth-order valence-corrected chi connectivity index (χ4v) is 2.23. The number of ether oxygens (including phenoxy) is 1. The van der Waals surface area contributed by atoms with Crippen molar-refractivity contribution in [3.63, 3.8) is 0 Å². The van der Waals surface area contributed by atoms with E-state index in [1.807, 2.05) is 0 Å². The predicted molar refractivity (Wildman–Crippen MR) is 92.1 cm³/mol. The molecule has 1 atom stereocenters. The van der Waals surface area contributed by atoms with Gasteiger partial charge in [0.05, 0.1) is 0 Å². The third kappa shape index (κ3) is 7.83. The van der Waals surface area contributed by atoms with E-state index < -0.39 is 12.0 Å². The molecule has 0 aliphatic rings. The molecule has 0 unspecified atom stereocenters. The Morgan fingerprint density at radius 2 is 1.87 bits per heavy atom. The number of halogens is 3. The molecule has 6 nitrogen and oxygen atoms in total. The summed E-state index contributed by atoms with van der Waals surface area (Å²) in [6.45, 7) is 0.0423. The average Bonchev–Trinajstić information content (AvgIpc) is 2.44. The Balaban J connectivity index is 0.00000484. The van der Waals surface area contributed by atoms with Crippen LogP contribution in [0.1, 0.15) is 18.4 Å². The van der Waals surface area contributed by atoms with Crippen LogP contribution in [0.5, 0.6) is 0 Å². The molecular formula is C14H20Cl3N3O3. The van der Waals surface area contributed by atoms with Crippen LogP contribution in [0, 0.1) is 0 Å². The summed E-state index contributed by atoms with van der Waals surface area (Å²) in [4.78, 5) is 28.9. The maximum Gasteiger partial charge on any atom is 0.323 e. The normalized spacial score (nSPS) is 11.3. The molecule has 9 heteroatoms. The molecule has 0 aliphatic carbocycles. The number of nitrogens with zero attached hydrogens (tertiary/aromatic N) is 2. The van der Waals surface area contributed by atoms with E-state index in [1.54, 1.807) is 33.3 Å². The lowest BCUT2D eigenvalue weighted by Gasteiger charge is -2.16. The van der Waals surface area contributed by atoms with Crippen LogP contribution >= 0.6 is 35.6 Å². The summed E-state index contributed by atoms with van der Waals surface area (Å²) in [6.07, 6.45) is 0.630. The molecule has 1 heterocycles. The Hall–Kier alpha value is -1.08. The second kappa shape index (κ2) is 10.6. The van der Waals surface area contributed by atoms with Crippen LogP contribution in [0.3, 0.4) is 0 Å². The van der Waals surface area contributed by atoms with Crippen LogP contribution in [0.25, 0.3) is 0 Å². The summed E-state index contributed by atoms with van der Waals surface area (Å²) in [6, 6.07) is 2.60. The number of hydrogen-bond donors (Lipinski definition) is 1. The molecular weight excluding hydrogens is 365 g/mol. The maximum absolute atomic E-state index is 12.0. The maximum atomic E-state index is 12.0. The Bertz CT molecular complexity index is 521. The van der Waals surface area contributed by atoms with Crippen molar-refractivity contribution in [2.24, 2.45) is 0 Å². The highest BCUT2D eigenvalue weighted by atomic mass is 35.5. The Kier molecular flexibility index (Phi) is 10.1. The van der Waals surface area contributed by atoms with E-state index in [9.17, 15) is 9.59 Å². The van der Waals surface area contributed by atoms with Gasteiger partial charge in [0.25, 0.3) is 0 Å². The summed E-state index contributed by atoms with van der Waals surface area (Å²) in [5.41, 5.74) is 0.651. The second-order valence-corrected chi connectivity index (χ2v) is 5.67. The zero-order chi connectivity index (χ0) is 16.7. The third-order valence-electron chi connectivity index (χ3n) is 2.98. The van der Waals surface area contributed by atoms with Gasteiger partial charge < -0.3 is 15.0 Å². The molecule has 1 N–H and O–H groups in total. The SMILES string of the molecule is CN[C@@H](CCC(=O)N(C)C)C(=O)OCc1cc(Cl)nc(Cl)c1.Cl. The number of nitrogens with one attached hydrogen (secondary N) is 1. The van der Waals surface area contributed by atoms with Crippen LogP contribution in [-0.4, -0.2) is 48.9 Å². The first-order valence-corrected chi connectivity index (χ1v) is 7.45. The quantitative estimate of drug-likeness (QED) is 0.577. The van der Waals surface area contributed by atoms with Gasteiger partial charge >= 0.3 is 5.97 Å². The Labute approximate surface area is 151 Å². The van der Waals surface area contributed by atoms with E-state index in [2.05, 4.69) is 10.3 Å². The van der Waals surface area contributed by atoms with Gasteiger partial charge in [-0.25, -0.2) is 4.98 Å². The number of pyridine rings is 1. The molecule has 0 spiro atoms. The van der Waals surface area contributed by atoms with Gasteiger partial charge in [-0.15, -0.1) is 12.4 Å². The zero-order valence-electron chi connectivity index (χ0n) is 13.1. The molecule has 0 fully saturated rings. The molecule has 0 radical (unpaired) electrons. The lowest BCUT2D eigenvalue weighted by Crippen LogP contribution is -2.36.